The number of carboxylic acids is 1. The number of carboxylic acid groups (broad SMARTS) is 1. The summed E-state index contributed by atoms with van der Waals surface area (Å²) in [5, 5.41) is 9.14. The van der Waals surface area contributed by atoms with Crippen LogP contribution in [0.15, 0.2) is 22.7 Å². The first kappa shape index (κ1) is 15.0. The number of hydrogen-bond acceptors (Lipinski definition) is 2. The van der Waals surface area contributed by atoms with Crippen LogP contribution in [-0.2, 0) is 16.0 Å². The van der Waals surface area contributed by atoms with Crippen molar-refractivity contribution in [3.8, 4) is 0 Å². The highest BCUT2D eigenvalue weighted by atomic mass is 79.9. The Kier molecular flexibility index (Phi) is 4.13. The van der Waals surface area contributed by atoms with Crippen LogP contribution in [0.3, 0.4) is 0 Å². The van der Waals surface area contributed by atoms with Gasteiger partial charge in [0.15, 0.2) is 0 Å². The number of carbonyl (C=O) groups is 2. The van der Waals surface area contributed by atoms with Gasteiger partial charge in [0.1, 0.15) is 5.82 Å². The topological polar surface area (TPSA) is 57.6 Å². The monoisotopic (exact) mass is 343 g/mol. The van der Waals surface area contributed by atoms with Crippen LogP contribution < -0.4 is 0 Å². The van der Waals surface area contributed by atoms with Gasteiger partial charge in [0.2, 0.25) is 5.91 Å². The Morgan fingerprint density at radius 2 is 2.20 bits per heavy atom. The van der Waals surface area contributed by atoms with Crippen LogP contribution in [0.2, 0.25) is 0 Å². The molecule has 1 N–H and O–H groups in total. The van der Waals surface area contributed by atoms with Crippen molar-refractivity contribution in [3.63, 3.8) is 0 Å². The van der Waals surface area contributed by atoms with Crippen molar-refractivity contribution in [3.05, 3.63) is 34.1 Å². The molecule has 2 rings (SSSR count). The van der Waals surface area contributed by atoms with E-state index in [9.17, 15) is 14.0 Å². The molecule has 4 nitrogen and oxygen atoms in total. The van der Waals surface area contributed by atoms with E-state index in [0.717, 1.165) is 0 Å². The molecule has 1 saturated heterocycles. The minimum Gasteiger partial charge on any atom is -0.481 e. The third kappa shape index (κ3) is 3.00. The zero-order valence-electron chi connectivity index (χ0n) is 11.0. The van der Waals surface area contributed by atoms with Crippen LogP contribution >= 0.6 is 15.9 Å². The molecule has 1 aromatic rings. The fourth-order valence-electron chi connectivity index (χ4n) is 2.28. The van der Waals surface area contributed by atoms with Crippen LogP contribution in [0.25, 0.3) is 0 Å². The minimum atomic E-state index is -0.887. The predicted molar refractivity (Wildman–Crippen MR) is 74.7 cm³/mol. The Morgan fingerprint density at radius 3 is 2.75 bits per heavy atom. The molecule has 1 aliphatic rings. The predicted octanol–water partition coefficient (Wildman–Crippen LogP) is 2.45. The number of aliphatic carboxylic acids is 1. The summed E-state index contributed by atoms with van der Waals surface area (Å²) < 4.78 is 13.7. The highest BCUT2D eigenvalue weighted by Gasteiger charge is 2.41. The maximum Gasteiger partial charge on any atom is 0.311 e. The van der Waals surface area contributed by atoms with Gasteiger partial charge in [-0.3, -0.25) is 9.59 Å². The molecule has 1 fully saturated rings. The van der Waals surface area contributed by atoms with E-state index >= 15 is 0 Å². The molecule has 1 unspecified atom stereocenters. The van der Waals surface area contributed by atoms with Crippen molar-refractivity contribution in [1.82, 2.24) is 4.90 Å². The van der Waals surface area contributed by atoms with E-state index in [1.165, 1.54) is 11.0 Å². The molecule has 0 saturated carbocycles. The molecule has 108 valence electrons. The lowest BCUT2D eigenvalue weighted by molar-refractivity contribution is -0.147. The van der Waals surface area contributed by atoms with Gasteiger partial charge in [-0.15, -0.1) is 0 Å². The molecule has 0 aromatic heterocycles. The maximum atomic E-state index is 13.4. The van der Waals surface area contributed by atoms with Gasteiger partial charge in [0.25, 0.3) is 0 Å². The fourth-order valence-corrected chi connectivity index (χ4v) is 2.53. The molecule has 1 aromatic carbocycles. The van der Waals surface area contributed by atoms with Crippen molar-refractivity contribution in [1.29, 1.82) is 0 Å². The standard InChI is InChI=1S/C14H15BrFNO3/c1-14(13(19)20)4-5-17(8-14)12(18)7-9-2-3-10(15)11(16)6-9/h2-3,6H,4-5,7-8H2,1H3,(H,19,20). The molecule has 1 amide bonds. The number of halogens is 2. The third-order valence-corrected chi connectivity index (χ3v) is 4.32. The maximum absolute atomic E-state index is 13.4. The average molecular weight is 344 g/mol. The van der Waals surface area contributed by atoms with Crippen LogP contribution in [0.5, 0.6) is 0 Å². The Labute approximate surface area is 124 Å². The number of carbonyl (C=O) groups excluding carboxylic acids is 1. The number of hydrogen-bond donors (Lipinski definition) is 1. The number of likely N-dealkylation sites (tertiary alicyclic amines) is 1. The van der Waals surface area contributed by atoms with E-state index < -0.39 is 17.2 Å². The average Bonchev–Trinajstić information content (AvgIpc) is 2.78. The SMILES string of the molecule is CC1(C(=O)O)CCN(C(=O)Cc2ccc(Br)c(F)c2)C1. The van der Waals surface area contributed by atoms with Gasteiger partial charge in [-0.05, 0) is 47.0 Å². The zero-order chi connectivity index (χ0) is 14.9. The van der Waals surface area contributed by atoms with E-state index in [1.807, 2.05) is 0 Å². The fraction of sp³-hybridized carbons (Fsp3) is 0.429. The van der Waals surface area contributed by atoms with Gasteiger partial charge in [-0.1, -0.05) is 6.07 Å². The van der Waals surface area contributed by atoms with Gasteiger partial charge < -0.3 is 10.0 Å². The van der Waals surface area contributed by atoms with E-state index in [2.05, 4.69) is 15.9 Å². The van der Waals surface area contributed by atoms with Crippen LogP contribution in [0, 0.1) is 11.2 Å². The van der Waals surface area contributed by atoms with E-state index in [0.29, 0.717) is 23.0 Å². The molecule has 6 heteroatoms. The molecule has 20 heavy (non-hydrogen) atoms. The Morgan fingerprint density at radius 1 is 1.50 bits per heavy atom. The molecule has 0 radical (unpaired) electrons. The molecule has 0 bridgehead atoms. The number of rotatable bonds is 3. The van der Waals surface area contributed by atoms with E-state index in [4.69, 9.17) is 5.11 Å². The van der Waals surface area contributed by atoms with Crippen molar-refractivity contribution in [2.24, 2.45) is 5.41 Å². The minimum absolute atomic E-state index is 0.0832. The number of amides is 1. The Bertz CT molecular complexity index is 563. The Hall–Kier alpha value is -1.43. The van der Waals surface area contributed by atoms with Gasteiger partial charge in [0.05, 0.1) is 16.3 Å². The Balaban J connectivity index is 2.03. The lowest BCUT2D eigenvalue weighted by atomic mass is 9.90. The molecule has 1 heterocycles. The second kappa shape index (κ2) is 5.52. The van der Waals surface area contributed by atoms with Crippen LogP contribution in [0.4, 0.5) is 4.39 Å². The van der Waals surface area contributed by atoms with Crippen LogP contribution in [0.1, 0.15) is 18.9 Å². The molecule has 1 atom stereocenters. The molecular weight excluding hydrogens is 329 g/mol. The summed E-state index contributed by atoms with van der Waals surface area (Å²) in [6.07, 6.45) is 0.530. The third-order valence-electron chi connectivity index (χ3n) is 3.68. The summed E-state index contributed by atoms with van der Waals surface area (Å²) in [5.41, 5.74) is -0.291. The van der Waals surface area contributed by atoms with Crippen LogP contribution in [-0.4, -0.2) is 35.0 Å². The summed E-state index contributed by atoms with van der Waals surface area (Å²) in [5.74, 6) is -1.47. The zero-order valence-corrected chi connectivity index (χ0v) is 12.6. The molecule has 0 aliphatic carbocycles. The second-order valence-electron chi connectivity index (χ2n) is 5.36. The van der Waals surface area contributed by atoms with Crippen molar-refractivity contribution >= 4 is 27.8 Å². The highest BCUT2D eigenvalue weighted by molar-refractivity contribution is 9.10. The number of nitrogens with zero attached hydrogens (tertiary/aromatic N) is 1. The first-order chi connectivity index (χ1) is 9.32. The molecule has 0 spiro atoms. The molecule has 1 aliphatic heterocycles. The summed E-state index contributed by atoms with van der Waals surface area (Å²) >= 11 is 3.06. The lowest BCUT2D eigenvalue weighted by Gasteiger charge is -2.20. The first-order valence-electron chi connectivity index (χ1n) is 6.27. The largest absolute Gasteiger partial charge is 0.481 e. The van der Waals surface area contributed by atoms with Gasteiger partial charge in [-0.2, -0.15) is 0 Å². The van der Waals surface area contributed by atoms with Crippen molar-refractivity contribution < 1.29 is 19.1 Å². The van der Waals surface area contributed by atoms with Gasteiger partial charge >= 0.3 is 5.97 Å². The smallest absolute Gasteiger partial charge is 0.311 e. The summed E-state index contributed by atoms with van der Waals surface area (Å²) in [7, 11) is 0. The molecular formula is C14H15BrFNO3. The van der Waals surface area contributed by atoms with E-state index in [-0.39, 0.29) is 18.9 Å². The quantitative estimate of drug-likeness (QED) is 0.916. The lowest BCUT2D eigenvalue weighted by Crippen LogP contribution is -2.35. The van der Waals surface area contributed by atoms with Crippen molar-refractivity contribution in [2.45, 2.75) is 19.8 Å². The number of benzene rings is 1. The first-order valence-corrected chi connectivity index (χ1v) is 7.06. The van der Waals surface area contributed by atoms with E-state index in [1.54, 1.807) is 19.1 Å². The summed E-state index contributed by atoms with van der Waals surface area (Å²) in [6, 6.07) is 4.55. The van der Waals surface area contributed by atoms with Crippen molar-refractivity contribution in [2.75, 3.05) is 13.1 Å². The highest BCUT2D eigenvalue weighted by Crippen LogP contribution is 2.30. The second-order valence-corrected chi connectivity index (χ2v) is 6.21. The summed E-state index contributed by atoms with van der Waals surface area (Å²) in [6.45, 7) is 2.28. The van der Waals surface area contributed by atoms with Gasteiger partial charge in [-0.25, -0.2) is 4.39 Å². The normalized spacial score (nSPS) is 22.1. The summed E-state index contributed by atoms with van der Waals surface area (Å²) in [4.78, 5) is 24.8. The van der Waals surface area contributed by atoms with Gasteiger partial charge in [0, 0.05) is 13.1 Å².